The van der Waals surface area contributed by atoms with Gasteiger partial charge in [-0.15, -0.1) is 5.26 Å². The number of nitriles is 1. The molecule has 1 rings (SSSR count). The second-order valence-corrected chi connectivity index (χ2v) is 7.64. The van der Waals surface area contributed by atoms with Gasteiger partial charge in [0.15, 0.2) is 11.5 Å². The van der Waals surface area contributed by atoms with Crippen molar-refractivity contribution in [2.24, 2.45) is 0 Å². The van der Waals surface area contributed by atoms with Crippen LogP contribution < -0.4 is 9.47 Å². The van der Waals surface area contributed by atoms with Crippen molar-refractivity contribution in [1.29, 1.82) is 5.26 Å². The highest BCUT2D eigenvalue weighted by atomic mass is 28.4. The summed E-state index contributed by atoms with van der Waals surface area (Å²) in [5, 5.41) is 8.70. The van der Waals surface area contributed by atoms with Crippen LogP contribution in [0.2, 0.25) is 0 Å². The third kappa shape index (κ3) is 3.78. The highest BCUT2D eigenvalue weighted by Crippen LogP contribution is 2.37. The van der Waals surface area contributed by atoms with E-state index in [1.807, 2.05) is 26.0 Å². The molecule has 0 radical (unpaired) electrons. The molecule has 1 aromatic rings. The maximum absolute atomic E-state index is 8.70. The Morgan fingerprint density at radius 1 is 1.09 bits per heavy atom. The van der Waals surface area contributed by atoms with Crippen molar-refractivity contribution in [2.75, 3.05) is 27.9 Å². The summed E-state index contributed by atoms with van der Waals surface area (Å²) in [6.07, 6.45) is 2.45. The molecule has 0 aliphatic heterocycles. The number of nitrogens with zero attached hydrogens (tertiary/aromatic N) is 1. The molecule has 0 spiro atoms. The molecule has 122 valence electrons. The Labute approximate surface area is 132 Å². The lowest BCUT2D eigenvalue weighted by Gasteiger charge is -2.32. The van der Waals surface area contributed by atoms with Crippen LogP contribution in [0.1, 0.15) is 31.4 Å². The Hall–Kier alpha value is -1.59. The lowest BCUT2D eigenvalue weighted by atomic mass is 10.1. The first-order valence-electron chi connectivity index (χ1n) is 7.10. The van der Waals surface area contributed by atoms with Crippen LogP contribution in [0.3, 0.4) is 0 Å². The highest BCUT2D eigenvalue weighted by molar-refractivity contribution is 6.62. The summed E-state index contributed by atoms with van der Waals surface area (Å²) >= 11 is 0. The van der Waals surface area contributed by atoms with Crippen LogP contribution >= 0.6 is 0 Å². The predicted molar refractivity (Wildman–Crippen MR) is 83.7 cm³/mol. The smallest absolute Gasteiger partial charge is 0.490 e. The maximum Gasteiger partial charge on any atom is 0.508 e. The van der Waals surface area contributed by atoms with Crippen LogP contribution in [0.4, 0.5) is 0 Å². The van der Waals surface area contributed by atoms with Crippen LogP contribution in [0.25, 0.3) is 0 Å². The third-order valence-electron chi connectivity index (χ3n) is 3.51. The van der Waals surface area contributed by atoms with Crippen LogP contribution in [0.5, 0.6) is 11.5 Å². The van der Waals surface area contributed by atoms with Crippen LogP contribution in [-0.4, -0.2) is 36.7 Å². The van der Waals surface area contributed by atoms with E-state index in [4.69, 9.17) is 28.0 Å². The van der Waals surface area contributed by atoms with Gasteiger partial charge in [-0.05, 0) is 31.0 Å². The normalized spacial score (nSPS) is 12.5. The van der Waals surface area contributed by atoms with Crippen molar-refractivity contribution >= 4 is 8.80 Å². The molecular weight excluding hydrogens is 302 g/mol. The topological polar surface area (TPSA) is 69.9 Å². The van der Waals surface area contributed by atoms with Crippen molar-refractivity contribution in [2.45, 2.75) is 25.8 Å². The van der Waals surface area contributed by atoms with Gasteiger partial charge in [0.05, 0.1) is 12.1 Å². The fraction of sp³-hybridized carbons (Fsp3) is 0.533. The second-order valence-electron chi connectivity index (χ2n) is 4.51. The molecule has 0 fully saturated rings. The molecule has 0 aliphatic carbocycles. The van der Waals surface area contributed by atoms with E-state index in [-0.39, 0.29) is 5.54 Å². The van der Waals surface area contributed by atoms with Gasteiger partial charge >= 0.3 is 8.80 Å². The lowest BCUT2D eigenvalue weighted by molar-refractivity contribution is 0.111. The van der Waals surface area contributed by atoms with E-state index in [0.29, 0.717) is 18.1 Å². The molecule has 1 unspecified atom stereocenters. The molecule has 0 amide bonds. The van der Waals surface area contributed by atoms with E-state index >= 15 is 0 Å². The van der Waals surface area contributed by atoms with Gasteiger partial charge in [0.25, 0.3) is 6.26 Å². The fourth-order valence-electron chi connectivity index (χ4n) is 2.51. The van der Waals surface area contributed by atoms with E-state index in [0.717, 1.165) is 12.0 Å². The highest BCUT2D eigenvalue weighted by Gasteiger charge is 2.47. The van der Waals surface area contributed by atoms with Crippen LogP contribution in [0.15, 0.2) is 18.2 Å². The SMILES string of the molecule is CCOc1cc(C(CC)[Si](OC)(OC)OC)ccc1OC#N. The molecule has 0 saturated carbocycles. The summed E-state index contributed by atoms with van der Waals surface area (Å²) in [7, 11) is 1.96. The Balaban J connectivity index is 3.28. The quantitative estimate of drug-likeness (QED) is 0.513. The molecule has 0 bridgehead atoms. The number of hydrogen-bond donors (Lipinski definition) is 0. The molecule has 1 atom stereocenters. The Kier molecular flexibility index (Phi) is 7.34. The summed E-state index contributed by atoms with van der Waals surface area (Å²) in [6, 6.07) is 5.44. The van der Waals surface area contributed by atoms with Gasteiger partial charge in [-0.2, -0.15) is 0 Å². The largest absolute Gasteiger partial charge is 0.508 e. The second kappa shape index (κ2) is 8.75. The molecule has 6 nitrogen and oxygen atoms in total. The number of benzene rings is 1. The summed E-state index contributed by atoms with van der Waals surface area (Å²) in [6.45, 7) is 4.39. The summed E-state index contributed by atoms with van der Waals surface area (Å²) in [5.74, 6) is 0.911. The minimum atomic E-state index is -2.83. The van der Waals surface area contributed by atoms with Gasteiger partial charge < -0.3 is 22.8 Å². The Morgan fingerprint density at radius 3 is 2.18 bits per heavy atom. The molecule has 22 heavy (non-hydrogen) atoms. The lowest BCUT2D eigenvalue weighted by Crippen LogP contribution is -2.49. The monoisotopic (exact) mass is 325 g/mol. The molecule has 7 heteroatoms. The zero-order valence-corrected chi connectivity index (χ0v) is 14.7. The zero-order valence-electron chi connectivity index (χ0n) is 13.7. The first kappa shape index (κ1) is 18.5. The van der Waals surface area contributed by atoms with Crippen molar-refractivity contribution < 1.29 is 22.8 Å². The molecule has 0 aliphatic rings. The van der Waals surface area contributed by atoms with Crippen molar-refractivity contribution in [1.82, 2.24) is 0 Å². The number of ether oxygens (including phenoxy) is 2. The minimum absolute atomic E-state index is 0.0390. The average Bonchev–Trinajstić information content (AvgIpc) is 2.55. The van der Waals surface area contributed by atoms with Gasteiger partial charge in [-0.3, -0.25) is 0 Å². The van der Waals surface area contributed by atoms with E-state index in [9.17, 15) is 0 Å². The molecule has 0 saturated heterocycles. The first-order valence-corrected chi connectivity index (χ1v) is 8.90. The number of rotatable bonds is 9. The van der Waals surface area contributed by atoms with Crippen molar-refractivity contribution in [3.05, 3.63) is 23.8 Å². The van der Waals surface area contributed by atoms with E-state index in [1.54, 1.807) is 33.7 Å². The average molecular weight is 325 g/mol. The Morgan fingerprint density at radius 2 is 1.73 bits per heavy atom. The Bertz CT molecular complexity index is 505. The summed E-state index contributed by atoms with van der Waals surface area (Å²) in [4.78, 5) is 0. The maximum atomic E-state index is 8.70. The number of hydrogen-bond acceptors (Lipinski definition) is 6. The van der Waals surface area contributed by atoms with Crippen molar-refractivity contribution in [3.63, 3.8) is 0 Å². The minimum Gasteiger partial charge on any atom is -0.490 e. The molecule has 0 N–H and O–H groups in total. The third-order valence-corrected chi connectivity index (χ3v) is 6.82. The molecule has 0 aromatic heterocycles. The molecular formula is C15H23NO5Si. The fourth-order valence-corrected chi connectivity index (χ4v) is 4.95. The standard InChI is InChI=1S/C15H23NO5Si/c1-6-15(22(17-3,18-4)19-5)12-8-9-13(21-11-16)14(10-12)20-7-2/h8-10,15H,6-7H2,1-5H3. The van der Waals surface area contributed by atoms with E-state index in [2.05, 4.69) is 0 Å². The van der Waals surface area contributed by atoms with E-state index in [1.165, 1.54) is 0 Å². The summed E-state index contributed by atoms with van der Waals surface area (Å²) in [5.41, 5.74) is 0.927. The van der Waals surface area contributed by atoms with Crippen LogP contribution in [0, 0.1) is 11.5 Å². The van der Waals surface area contributed by atoms with Crippen LogP contribution in [-0.2, 0) is 13.3 Å². The molecule has 1 aromatic carbocycles. The van der Waals surface area contributed by atoms with Gasteiger partial charge in [0.2, 0.25) is 0 Å². The van der Waals surface area contributed by atoms with Gasteiger partial charge in [-0.1, -0.05) is 13.0 Å². The summed E-state index contributed by atoms with van der Waals surface area (Å²) < 4.78 is 27.3. The van der Waals surface area contributed by atoms with Gasteiger partial charge in [0.1, 0.15) is 0 Å². The first-order chi connectivity index (χ1) is 10.6. The van der Waals surface area contributed by atoms with Gasteiger partial charge in [0, 0.05) is 21.3 Å². The van der Waals surface area contributed by atoms with Gasteiger partial charge in [-0.25, -0.2) is 0 Å². The molecule has 0 heterocycles. The predicted octanol–water partition coefficient (Wildman–Crippen LogP) is 2.86. The van der Waals surface area contributed by atoms with E-state index < -0.39 is 8.80 Å². The zero-order chi connectivity index (χ0) is 16.6. The van der Waals surface area contributed by atoms with Crippen molar-refractivity contribution in [3.8, 4) is 17.8 Å².